The van der Waals surface area contributed by atoms with Crippen molar-refractivity contribution < 1.29 is 9.84 Å². The number of aromatic hydroxyl groups is 1. The van der Waals surface area contributed by atoms with Crippen LogP contribution >= 0.6 is 23.8 Å². The molecule has 5 heteroatoms. The highest BCUT2D eigenvalue weighted by molar-refractivity contribution is 7.80. The van der Waals surface area contributed by atoms with E-state index in [4.69, 9.17) is 28.6 Å². The zero-order chi connectivity index (χ0) is 16.1. The van der Waals surface area contributed by atoms with Crippen LogP contribution in [0.15, 0.2) is 42.5 Å². The van der Waals surface area contributed by atoms with Gasteiger partial charge in [-0.25, -0.2) is 0 Å². The average molecular weight is 332 g/mol. The summed E-state index contributed by atoms with van der Waals surface area (Å²) in [6, 6.07) is 14.0. The highest BCUT2D eigenvalue weighted by Crippen LogP contribution is 2.27. The Morgan fingerprint density at radius 3 is 2.59 bits per heavy atom. The molecule has 0 saturated carbocycles. The molecule has 0 heterocycles. The number of hydrogen-bond acceptors (Lipinski definition) is 4. The molecule has 0 amide bonds. The van der Waals surface area contributed by atoms with Gasteiger partial charge in [-0.3, -0.25) is 0 Å². The third kappa shape index (κ3) is 3.97. The minimum Gasteiger partial charge on any atom is -0.508 e. The van der Waals surface area contributed by atoms with Crippen LogP contribution < -0.4 is 4.74 Å². The lowest BCUT2D eigenvalue weighted by atomic mass is 9.96. The van der Waals surface area contributed by atoms with Crippen LogP contribution in [0.1, 0.15) is 17.0 Å². The zero-order valence-electron chi connectivity index (χ0n) is 11.9. The van der Waals surface area contributed by atoms with Gasteiger partial charge in [0, 0.05) is 5.02 Å². The maximum atomic E-state index is 9.39. The number of halogens is 1. The summed E-state index contributed by atoms with van der Waals surface area (Å²) in [5, 5.41) is 19.1. The molecule has 0 fully saturated rings. The molecule has 2 aromatic rings. The number of phenolic OH excluding ortho intramolecular Hbond substituents is 1. The van der Waals surface area contributed by atoms with E-state index in [2.05, 4.69) is 6.07 Å². The summed E-state index contributed by atoms with van der Waals surface area (Å²) in [6.07, 6.45) is 0. The van der Waals surface area contributed by atoms with Gasteiger partial charge in [0.05, 0.1) is 10.9 Å². The number of hydrogen-bond donors (Lipinski definition) is 1. The van der Waals surface area contributed by atoms with E-state index in [0.717, 1.165) is 5.56 Å². The number of nitriles is 1. The van der Waals surface area contributed by atoms with E-state index in [1.165, 1.54) is 12.1 Å². The van der Waals surface area contributed by atoms with Crippen LogP contribution in [-0.4, -0.2) is 16.6 Å². The SMILES string of the molecule is Cc1ccc(C(C#N)C(=S)COc2ccc(O)cc2)c(Cl)c1. The first-order valence-electron chi connectivity index (χ1n) is 6.61. The first-order valence-corrected chi connectivity index (χ1v) is 7.40. The standard InChI is InChI=1S/C17H14ClNO2S/c1-11-2-7-14(16(18)8-11)15(9-19)17(22)10-21-13-5-3-12(20)4-6-13/h2-8,15,20H,10H2,1H3. The maximum absolute atomic E-state index is 9.39. The van der Waals surface area contributed by atoms with E-state index >= 15 is 0 Å². The molecule has 22 heavy (non-hydrogen) atoms. The second-order valence-electron chi connectivity index (χ2n) is 4.84. The lowest BCUT2D eigenvalue weighted by molar-refractivity contribution is 0.375. The monoisotopic (exact) mass is 331 g/mol. The molecular formula is C17H14ClNO2S. The van der Waals surface area contributed by atoms with Gasteiger partial charge in [0.15, 0.2) is 0 Å². The number of rotatable bonds is 5. The normalized spacial score (nSPS) is 11.5. The molecule has 0 bridgehead atoms. The molecule has 1 N–H and O–H groups in total. The third-order valence-corrected chi connectivity index (χ3v) is 3.82. The Kier molecular flexibility index (Phi) is 5.37. The number of ether oxygens (including phenoxy) is 1. The molecule has 0 aliphatic heterocycles. The molecule has 0 aliphatic carbocycles. The number of nitrogens with zero attached hydrogens (tertiary/aromatic N) is 1. The molecule has 1 atom stereocenters. The zero-order valence-corrected chi connectivity index (χ0v) is 13.5. The van der Waals surface area contributed by atoms with E-state index in [-0.39, 0.29) is 12.4 Å². The number of benzene rings is 2. The Morgan fingerprint density at radius 1 is 1.32 bits per heavy atom. The summed E-state index contributed by atoms with van der Waals surface area (Å²) in [6.45, 7) is 2.06. The van der Waals surface area contributed by atoms with Crippen molar-refractivity contribution in [3.8, 4) is 17.6 Å². The Bertz CT molecular complexity index is 722. The highest BCUT2D eigenvalue weighted by Gasteiger charge is 2.19. The van der Waals surface area contributed by atoms with Crippen molar-refractivity contribution in [1.82, 2.24) is 0 Å². The van der Waals surface area contributed by atoms with Crippen molar-refractivity contribution in [2.75, 3.05) is 6.61 Å². The number of aryl methyl sites for hydroxylation is 1. The largest absolute Gasteiger partial charge is 0.508 e. The molecule has 112 valence electrons. The number of thiocarbonyl (C=S) groups is 1. The molecule has 0 spiro atoms. The molecule has 2 aromatic carbocycles. The van der Waals surface area contributed by atoms with Crippen LogP contribution in [-0.2, 0) is 0 Å². The fraction of sp³-hybridized carbons (Fsp3) is 0.176. The van der Waals surface area contributed by atoms with Crippen molar-refractivity contribution in [2.24, 2.45) is 0 Å². The van der Waals surface area contributed by atoms with E-state index in [1.807, 2.05) is 25.1 Å². The predicted octanol–water partition coefficient (Wildman–Crippen LogP) is 4.41. The topological polar surface area (TPSA) is 53.2 Å². The summed E-state index contributed by atoms with van der Waals surface area (Å²) in [5.74, 6) is 0.142. The molecule has 0 aliphatic rings. The molecule has 3 nitrogen and oxygen atoms in total. The average Bonchev–Trinajstić information content (AvgIpc) is 2.49. The molecule has 2 rings (SSSR count). The van der Waals surface area contributed by atoms with E-state index in [0.29, 0.717) is 21.2 Å². The van der Waals surface area contributed by atoms with Gasteiger partial charge in [0.1, 0.15) is 24.0 Å². The first-order chi connectivity index (χ1) is 10.5. The van der Waals surface area contributed by atoms with Gasteiger partial charge >= 0.3 is 0 Å². The molecule has 0 radical (unpaired) electrons. The second-order valence-corrected chi connectivity index (χ2v) is 5.77. The van der Waals surface area contributed by atoms with Gasteiger partial charge in [0.2, 0.25) is 0 Å². The lowest BCUT2D eigenvalue weighted by Gasteiger charge is -2.14. The summed E-state index contributed by atoms with van der Waals surface area (Å²) < 4.78 is 5.54. The Balaban J connectivity index is 2.09. The van der Waals surface area contributed by atoms with Crippen LogP contribution in [0.4, 0.5) is 0 Å². The third-order valence-electron chi connectivity index (χ3n) is 3.14. The fourth-order valence-corrected chi connectivity index (χ4v) is 2.54. The minimum absolute atomic E-state index is 0.128. The van der Waals surface area contributed by atoms with E-state index in [9.17, 15) is 10.4 Å². The number of phenols is 1. The van der Waals surface area contributed by atoms with Crippen LogP contribution in [0, 0.1) is 18.3 Å². The van der Waals surface area contributed by atoms with Crippen molar-refractivity contribution in [2.45, 2.75) is 12.8 Å². The van der Waals surface area contributed by atoms with Crippen molar-refractivity contribution in [1.29, 1.82) is 5.26 Å². The Labute approximate surface area is 139 Å². The predicted molar refractivity (Wildman–Crippen MR) is 90.7 cm³/mol. The van der Waals surface area contributed by atoms with Gasteiger partial charge in [0.25, 0.3) is 0 Å². The molecular weight excluding hydrogens is 318 g/mol. The second kappa shape index (κ2) is 7.26. The van der Waals surface area contributed by atoms with Gasteiger partial charge < -0.3 is 9.84 Å². The molecule has 1 unspecified atom stereocenters. The Hall–Kier alpha value is -2.09. The Morgan fingerprint density at radius 2 is 2.00 bits per heavy atom. The van der Waals surface area contributed by atoms with E-state index < -0.39 is 5.92 Å². The smallest absolute Gasteiger partial charge is 0.121 e. The fourth-order valence-electron chi connectivity index (χ4n) is 1.96. The molecule has 0 aromatic heterocycles. The lowest BCUT2D eigenvalue weighted by Crippen LogP contribution is -2.17. The summed E-state index contributed by atoms with van der Waals surface area (Å²) in [7, 11) is 0. The highest BCUT2D eigenvalue weighted by atomic mass is 35.5. The molecule has 0 saturated heterocycles. The summed E-state index contributed by atoms with van der Waals surface area (Å²) in [5.41, 5.74) is 1.71. The minimum atomic E-state index is -0.597. The van der Waals surface area contributed by atoms with Crippen LogP contribution in [0.25, 0.3) is 0 Å². The quantitative estimate of drug-likeness (QED) is 0.824. The van der Waals surface area contributed by atoms with Crippen molar-refractivity contribution >= 4 is 28.7 Å². The van der Waals surface area contributed by atoms with Crippen LogP contribution in [0.3, 0.4) is 0 Å². The maximum Gasteiger partial charge on any atom is 0.121 e. The summed E-state index contributed by atoms with van der Waals surface area (Å²) in [4.78, 5) is 0.460. The van der Waals surface area contributed by atoms with Gasteiger partial charge in [-0.2, -0.15) is 5.26 Å². The van der Waals surface area contributed by atoms with Gasteiger partial charge in [-0.1, -0.05) is 36.0 Å². The van der Waals surface area contributed by atoms with Crippen molar-refractivity contribution in [3.63, 3.8) is 0 Å². The summed E-state index contributed by atoms with van der Waals surface area (Å²) >= 11 is 11.5. The van der Waals surface area contributed by atoms with Crippen molar-refractivity contribution in [3.05, 3.63) is 58.6 Å². The van der Waals surface area contributed by atoms with E-state index in [1.54, 1.807) is 12.1 Å². The van der Waals surface area contributed by atoms with Gasteiger partial charge in [-0.05, 0) is 48.4 Å². The first kappa shape index (κ1) is 16.3. The van der Waals surface area contributed by atoms with Crippen LogP contribution in [0.5, 0.6) is 11.5 Å². The van der Waals surface area contributed by atoms with Crippen LogP contribution in [0.2, 0.25) is 5.02 Å². The van der Waals surface area contributed by atoms with Gasteiger partial charge in [-0.15, -0.1) is 0 Å².